The van der Waals surface area contributed by atoms with E-state index in [1.807, 2.05) is 0 Å². The first-order valence-electron chi connectivity index (χ1n) is 15.5. The maximum Gasteiger partial charge on any atom is 0.0357 e. The highest BCUT2D eigenvalue weighted by molar-refractivity contribution is 5.37. The Bertz CT molecular complexity index is 1220. The highest BCUT2D eigenvalue weighted by Crippen LogP contribution is 2.42. The molecule has 1 atom stereocenters. The summed E-state index contributed by atoms with van der Waals surface area (Å²) in [6.45, 7) is 22.8. The number of hydrogen-bond donors (Lipinski definition) is 0. The van der Waals surface area contributed by atoms with Gasteiger partial charge in [-0.25, -0.2) is 0 Å². The number of allylic oxidation sites excluding steroid dienone is 14. The molecule has 0 spiro atoms. The Labute approximate surface area is 248 Å². The predicted octanol–water partition coefficient (Wildman–Crippen LogP) is 11.8. The molecule has 1 unspecified atom stereocenters. The van der Waals surface area contributed by atoms with Crippen molar-refractivity contribution in [3.63, 3.8) is 0 Å². The average molecular weight is 537 g/mol. The number of rotatable bonds is 8. The summed E-state index contributed by atoms with van der Waals surface area (Å²) in [4.78, 5) is 0. The summed E-state index contributed by atoms with van der Waals surface area (Å²) >= 11 is 0. The molecule has 0 amide bonds. The predicted molar refractivity (Wildman–Crippen MR) is 179 cm³/mol. The molecule has 0 aromatic rings. The van der Waals surface area contributed by atoms with E-state index in [0.29, 0.717) is 5.41 Å². The zero-order valence-corrected chi connectivity index (χ0v) is 27.5. The minimum atomic E-state index is 0.232. The van der Waals surface area contributed by atoms with Gasteiger partial charge in [0.15, 0.2) is 0 Å². The second-order valence-corrected chi connectivity index (χ2v) is 13.5. The summed E-state index contributed by atoms with van der Waals surface area (Å²) in [6.07, 6.45) is 26.0. The van der Waals surface area contributed by atoms with Crippen molar-refractivity contribution in [1.82, 2.24) is 0 Å². The largest absolute Gasteiger partial charge is 0.0985 e. The van der Waals surface area contributed by atoms with E-state index in [2.05, 4.69) is 135 Å². The summed E-state index contributed by atoms with van der Waals surface area (Å²) in [5, 5.41) is 0. The molecular weight excluding hydrogens is 480 g/mol. The minimum absolute atomic E-state index is 0.232. The average Bonchev–Trinajstić information content (AvgIpc) is 2.85. The zero-order chi connectivity index (χ0) is 29.8. The molecule has 0 saturated heterocycles. The third kappa shape index (κ3) is 11.4. The molecule has 0 aromatic carbocycles. The Morgan fingerprint density at radius 3 is 2.25 bits per heavy atom. The van der Waals surface area contributed by atoms with E-state index in [9.17, 15) is 0 Å². The molecule has 0 heterocycles. The van der Waals surface area contributed by atoms with Crippen molar-refractivity contribution in [3.8, 4) is 23.7 Å². The normalized spacial score (nSPS) is 20.9. The van der Waals surface area contributed by atoms with Crippen LogP contribution in [0.2, 0.25) is 0 Å². The standard InChI is InChI=1S/C40H56/c1-31(19-13-21-33(3)25-27-37-35(5)23-15-29-39(37,7)8)17-11-12-18-32(2)20-14-22-34(4)26-28-38-36(6)24-16-30-40(38,9)10/h14,17,20,22,25-26,28,32H,11,15-16,21,23-24,27,29-30H2,1-10H3/b20-14?,28-26+,31-17+,33-25-,34-22+. The van der Waals surface area contributed by atoms with Gasteiger partial charge in [-0.15, -0.1) is 0 Å². The lowest BCUT2D eigenvalue weighted by Gasteiger charge is -2.34. The summed E-state index contributed by atoms with van der Waals surface area (Å²) in [6, 6.07) is 0. The fraction of sp³-hybridized carbons (Fsp3) is 0.550. The molecule has 216 valence electrons. The summed E-state index contributed by atoms with van der Waals surface area (Å²) in [5.74, 6) is 13.5. The molecule has 0 fully saturated rings. The van der Waals surface area contributed by atoms with E-state index in [0.717, 1.165) is 24.8 Å². The monoisotopic (exact) mass is 536 g/mol. The zero-order valence-electron chi connectivity index (χ0n) is 27.5. The van der Waals surface area contributed by atoms with E-state index in [-0.39, 0.29) is 11.3 Å². The first-order valence-corrected chi connectivity index (χ1v) is 15.5. The minimum Gasteiger partial charge on any atom is -0.0985 e. The van der Waals surface area contributed by atoms with Crippen LogP contribution in [0.1, 0.15) is 127 Å². The first-order chi connectivity index (χ1) is 18.8. The van der Waals surface area contributed by atoms with E-state index >= 15 is 0 Å². The van der Waals surface area contributed by atoms with Crippen LogP contribution in [0, 0.1) is 40.4 Å². The molecule has 2 rings (SSSR count). The second kappa shape index (κ2) is 15.9. The molecular formula is C40H56. The topological polar surface area (TPSA) is 0 Å². The van der Waals surface area contributed by atoms with Crippen molar-refractivity contribution in [2.75, 3.05) is 0 Å². The molecule has 0 heteroatoms. The summed E-state index contributed by atoms with van der Waals surface area (Å²) < 4.78 is 0. The Kier molecular flexibility index (Phi) is 13.3. The summed E-state index contributed by atoms with van der Waals surface area (Å²) in [5.41, 5.74) is 10.7. The maximum absolute atomic E-state index is 3.35. The van der Waals surface area contributed by atoms with Gasteiger partial charge in [0.1, 0.15) is 0 Å². The Morgan fingerprint density at radius 2 is 1.57 bits per heavy atom. The van der Waals surface area contributed by atoms with Gasteiger partial charge in [-0.1, -0.05) is 122 Å². The van der Waals surface area contributed by atoms with E-state index in [1.165, 1.54) is 55.2 Å². The van der Waals surface area contributed by atoms with Gasteiger partial charge < -0.3 is 0 Å². The van der Waals surface area contributed by atoms with Crippen molar-refractivity contribution in [2.24, 2.45) is 16.7 Å². The van der Waals surface area contributed by atoms with Crippen LogP contribution in [-0.2, 0) is 0 Å². The van der Waals surface area contributed by atoms with E-state index < -0.39 is 0 Å². The lowest BCUT2D eigenvalue weighted by molar-refractivity contribution is 0.360. The van der Waals surface area contributed by atoms with Crippen molar-refractivity contribution >= 4 is 0 Å². The smallest absolute Gasteiger partial charge is 0.0357 e. The van der Waals surface area contributed by atoms with Gasteiger partial charge in [-0.2, -0.15) is 0 Å². The third-order valence-corrected chi connectivity index (χ3v) is 8.65. The molecule has 0 nitrogen and oxygen atoms in total. The van der Waals surface area contributed by atoms with Crippen molar-refractivity contribution in [2.45, 2.75) is 127 Å². The first kappa shape index (κ1) is 33.5. The lowest BCUT2D eigenvalue weighted by Crippen LogP contribution is -2.20. The fourth-order valence-electron chi connectivity index (χ4n) is 5.97. The van der Waals surface area contributed by atoms with Crippen LogP contribution in [0.5, 0.6) is 0 Å². The van der Waals surface area contributed by atoms with E-state index in [1.54, 1.807) is 16.7 Å². The van der Waals surface area contributed by atoms with E-state index in [4.69, 9.17) is 0 Å². The highest BCUT2D eigenvalue weighted by Gasteiger charge is 2.27. The SMILES string of the molecule is CC1=C(/C=C/C(C)=C/C=CC(C)C#CC/C=C(\C)C#CC/C(C)=C\CC2=C(C)CCCC2(C)C)C(C)(C)CCC1. The van der Waals surface area contributed by atoms with Crippen molar-refractivity contribution < 1.29 is 0 Å². The Balaban J connectivity index is 1.81. The Hall–Kier alpha value is -2.70. The van der Waals surface area contributed by atoms with Crippen LogP contribution >= 0.6 is 0 Å². The van der Waals surface area contributed by atoms with Crippen LogP contribution in [-0.4, -0.2) is 0 Å². The molecule has 2 aliphatic rings. The quantitative estimate of drug-likeness (QED) is 0.164. The van der Waals surface area contributed by atoms with Crippen LogP contribution < -0.4 is 0 Å². The van der Waals surface area contributed by atoms with Crippen molar-refractivity contribution in [3.05, 3.63) is 81.5 Å². The van der Waals surface area contributed by atoms with Crippen LogP contribution in [0.25, 0.3) is 0 Å². The molecule has 0 aromatic heterocycles. The van der Waals surface area contributed by atoms with Gasteiger partial charge >= 0.3 is 0 Å². The fourth-order valence-corrected chi connectivity index (χ4v) is 5.97. The van der Waals surface area contributed by atoms with Crippen molar-refractivity contribution in [1.29, 1.82) is 0 Å². The second-order valence-electron chi connectivity index (χ2n) is 13.5. The maximum atomic E-state index is 3.35. The number of hydrogen-bond acceptors (Lipinski definition) is 0. The molecule has 40 heavy (non-hydrogen) atoms. The lowest BCUT2D eigenvalue weighted by atomic mass is 9.71. The summed E-state index contributed by atoms with van der Waals surface area (Å²) in [7, 11) is 0. The molecule has 0 radical (unpaired) electrons. The van der Waals surface area contributed by atoms with Crippen LogP contribution in [0.4, 0.5) is 0 Å². The molecule has 0 saturated carbocycles. The molecule has 2 aliphatic carbocycles. The molecule has 0 bridgehead atoms. The highest BCUT2D eigenvalue weighted by atomic mass is 14.3. The van der Waals surface area contributed by atoms with Gasteiger partial charge in [0.25, 0.3) is 0 Å². The van der Waals surface area contributed by atoms with Gasteiger partial charge in [-0.05, 0) is 108 Å². The van der Waals surface area contributed by atoms with Gasteiger partial charge in [0.05, 0.1) is 0 Å². The molecule has 0 N–H and O–H groups in total. The van der Waals surface area contributed by atoms with Crippen LogP contribution in [0.15, 0.2) is 81.5 Å². The van der Waals surface area contributed by atoms with Gasteiger partial charge in [0.2, 0.25) is 0 Å². The molecule has 0 aliphatic heterocycles. The Morgan fingerprint density at radius 1 is 0.900 bits per heavy atom. The van der Waals surface area contributed by atoms with Gasteiger partial charge in [0, 0.05) is 18.8 Å². The van der Waals surface area contributed by atoms with Gasteiger partial charge in [-0.3, -0.25) is 0 Å². The van der Waals surface area contributed by atoms with Crippen LogP contribution in [0.3, 0.4) is 0 Å². The third-order valence-electron chi connectivity index (χ3n) is 8.65.